The zero-order valence-corrected chi connectivity index (χ0v) is 13.6. The predicted molar refractivity (Wildman–Crippen MR) is 88.5 cm³/mol. The molecule has 1 unspecified atom stereocenters. The molecule has 2 aromatic rings. The van der Waals surface area contributed by atoms with E-state index in [1.807, 2.05) is 0 Å². The van der Waals surface area contributed by atoms with E-state index >= 15 is 0 Å². The Bertz CT molecular complexity index is 828. The summed E-state index contributed by atoms with van der Waals surface area (Å²) < 4.78 is 13.2. The van der Waals surface area contributed by atoms with Crippen LogP contribution in [0.1, 0.15) is 34.1 Å². The van der Waals surface area contributed by atoms with Gasteiger partial charge in [-0.25, -0.2) is 4.39 Å². The van der Waals surface area contributed by atoms with Crippen molar-refractivity contribution in [3.63, 3.8) is 0 Å². The smallest absolute Gasteiger partial charge is 0.225 e. The number of nitriles is 1. The Morgan fingerprint density at radius 3 is 3.04 bits per heavy atom. The fraction of sp³-hybridized carbons (Fsp3) is 0.294. The second-order valence-corrected chi connectivity index (χ2v) is 6.83. The fourth-order valence-corrected chi connectivity index (χ4v) is 3.97. The number of nitrogens with zero attached hydrogens (tertiary/aromatic N) is 2. The molecular weight excluding hydrogens is 329 g/mol. The summed E-state index contributed by atoms with van der Waals surface area (Å²) in [5, 5.41) is 19.8. The lowest BCUT2D eigenvalue weighted by atomic mass is 10.0. The lowest BCUT2D eigenvalue weighted by molar-refractivity contribution is -0.134. The van der Waals surface area contributed by atoms with Crippen LogP contribution in [0, 0.1) is 17.1 Å². The minimum atomic E-state index is -1.04. The number of carbonyl (C=O) groups excluding carboxylic acids is 1. The molecule has 0 radical (unpaired) electrons. The highest BCUT2D eigenvalue weighted by atomic mass is 32.1. The van der Waals surface area contributed by atoms with Crippen molar-refractivity contribution in [1.82, 2.24) is 4.90 Å². The maximum atomic E-state index is 13.2. The van der Waals surface area contributed by atoms with Gasteiger partial charge in [0.15, 0.2) is 0 Å². The zero-order valence-electron chi connectivity index (χ0n) is 12.8. The summed E-state index contributed by atoms with van der Waals surface area (Å²) in [5.74, 6) is -0.650. The summed E-state index contributed by atoms with van der Waals surface area (Å²) >= 11 is 1.33. The van der Waals surface area contributed by atoms with Crippen molar-refractivity contribution in [3.05, 3.63) is 51.7 Å². The van der Waals surface area contributed by atoms with E-state index in [0.717, 1.165) is 10.4 Å². The Morgan fingerprint density at radius 2 is 2.33 bits per heavy atom. The summed E-state index contributed by atoms with van der Waals surface area (Å²) in [5.41, 5.74) is 7.67. The van der Waals surface area contributed by atoms with E-state index in [4.69, 9.17) is 11.0 Å². The van der Waals surface area contributed by atoms with Crippen LogP contribution in [0.25, 0.3) is 0 Å². The number of fused-ring (bicyclic) bond motifs is 1. The number of rotatable bonds is 3. The topological polar surface area (TPSA) is 90.4 Å². The first-order valence-corrected chi connectivity index (χ1v) is 8.32. The third-order valence-electron chi connectivity index (χ3n) is 4.15. The van der Waals surface area contributed by atoms with Crippen molar-refractivity contribution in [2.45, 2.75) is 25.5 Å². The molecule has 1 aromatic carbocycles. The Balaban J connectivity index is 1.69. The van der Waals surface area contributed by atoms with Crippen LogP contribution in [0.4, 0.5) is 9.39 Å². The first-order chi connectivity index (χ1) is 11.5. The lowest BCUT2D eigenvalue weighted by Crippen LogP contribution is -2.36. The maximum Gasteiger partial charge on any atom is 0.225 e. The van der Waals surface area contributed by atoms with Gasteiger partial charge >= 0.3 is 0 Å². The van der Waals surface area contributed by atoms with E-state index < -0.39 is 11.9 Å². The molecule has 0 aliphatic carbocycles. The number of aliphatic hydroxyl groups is 1. The highest BCUT2D eigenvalue weighted by molar-refractivity contribution is 7.16. The number of benzene rings is 1. The van der Waals surface area contributed by atoms with E-state index in [1.54, 1.807) is 11.0 Å². The van der Waals surface area contributed by atoms with Crippen molar-refractivity contribution in [3.8, 4) is 6.07 Å². The number of amides is 1. The van der Waals surface area contributed by atoms with Crippen LogP contribution in [0.2, 0.25) is 0 Å². The number of hydrogen-bond donors (Lipinski definition) is 2. The van der Waals surface area contributed by atoms with Gasteiger partial charge in [-0.3, -0.25) is 4.79 Å². The number of aliphatic hydroxyl groups excluding tert-OH is 1. The highest BCUT2D eigenvalue weighted by Crippen LogP contribution is 2.35. The summed E-state index contributed by atoms with van der Waals surface area (Å²) in [6.07, 6.45) is -0.573. The van der Waals surface area contributed by atoms with Crippen molar-refractivity contribution in [2.75, 3.05) is 12.3 Å². The molecule has 3 rings (SSSR count). The second-order valence-electron chi connectivity index (χ2n) is 5.70. The highest BCUT2D eigenvalue weighted by Gasteiger charge is 2.27. The molecular formula is C17H16FN3O2S. The number of hydrogen-bond acceptors (Lipinski definition) is 5. The summed E-state index contributed by atoms with van der Waals surface area (Å²) in [4.78, 5) is 15.0. The number of nitrogens with two attached hydrogens (primary N) is 1. The van der Waals surface area contributed by atoms with E-state index in [2.05, 4.69) is 6.07 Å². The molecule has 1 aliphatic rings. The third kappa shape index (κ3) is 3.11. The maximum absolute atomic E-state index is 13.2. The first kappa shape index (κ1) is 16.4. The zero-order chi connectivity index (χ0) is 17.3. The molecule has 1 atom stereocenters. The second kappa shape index (κ2) is 6.59. The summed E-state index contributed by atoms with van der Waals surface area (Å²) in [7, 11) is 0. The molecule has 0 saturated heterocycles. The van der Waals surface area contributed by atoms with Crippen LogP contribution < -0.4 is 5.73 Å². The van der Waals surface area contributed by atoms with Gasteiger partial charge in [-0.1, -0.05) is 12.1 Å². The van der Waals surface area contributed by atoms with Gasteiger partial charge in [0.25, 0.3) is 0 Å². The molecule has 0 spiro atoms. The molecule has 1 aromatic heterocycles. The lowest BCUT2D eigenvalue weighted by Gasteiger charge is -2.28. The van der Waals surface area contributed by atoms with E-state index in [1.165, 1.54) is 29.5 Å². The van der Waals surface area contributed by atoms with Gasteiger partial charge in [0, 0.05) is 11.4 Å². The average Bonchev–Trinajstić information content (AvgIpc) is 2.88. The predicted octanol–water partition coefficient (Wildman–Crippen LogP) is 2.35. The quantitative estimate of drug-likeness (QED) is 0.893. The van der Waals surface area contributed by atoms with Crippen LogP contribution in [-0.2, 0) is 17.8 Å². The Hall–Kier alpha value is -2.43. The van der Waals surface area contributed by atoms with Crippen molar-refractivity contribution in [2.24, 2.45) is 0 Å². The van der Waals surface area contributed by atoms with Gasteiger partial charge in [0.2, 0.25) is 5.91 Å². The molecule has 0 bridgehead atoms. The molecule has 1 aliphatic heterocycles. The number of thiophene rings is 1. The Labute approximate surface area is 142 Å². The minimum Gasteiger partial charge on any atom is -0.389 e. The number of halogens is 1. The standard InChI is InChI=1S/C17H16FN3O2S/c18-11-3-1-2-10(6-11)14(22)7-16(23)21-5-4-12-13(8-19)17(20)24-15(12)9-21/h1-3,6,14,22H,4-5,7,9,20H2. The minimum absolute atomic E-state index is 0.106. The molecule has 3 N–H and O–H groups in total. The van der Waals surface area contributed by atoms with Gasteiger partial charge in [0.1, 0.15) is 16.9 Å². The molecule has 24 heavy (non-hydrogen) atoms. The summed E-state index contributed by atoms with van der Waals surface area (Å²) in [6, 6.07) is 7.73. The molecule has 2 heterocycles. The van der Waals surface area contributed by atoms with Crippen LogP contribution in [0.3, 0.4) is 0 Å². The summed E-state index contributed by atoms with van der Waals surface area (Å²) in [6.45, 7) is 0.868. The van der Waals surface area contributed by atoms with Crippen LogP contribution >= 0.6 is 11.3 Å². The van der Waals surface area contributed by atoms with Crippen LogP contribution in [-0.4, -0.2) is 22.5 Å². The van der Waals surface area contributed by atoms with Gasteiger partial charge in [-0.15, -0.1) is 11.3 Å². The van der Waals surface area contributed by atoms with Gasteiger partial charge < -0.3 is 15.7 Å². The number of nitrogen functional groups attached to an aromatic ring is 1. The van der Waals surface area contributed by atoms with Gasteiger partial charge in [0.05, 0.1) is 24.6 Å². The fourth-order valence-electron chi connectivity index (χ4n) is 2.89. The van der Waals surface area contributed by atoms with Gasteiger partial charge in [-0.2, -0.15) is 5.26 Å². The molecule has 7 heteroatoms. The monoisotopic (exact) mass is 345 g/mol. The first-order valence-electron chi connectivity index (χ1n) is 7.51. The molecule has 5 nitrogen and oxygen atoms in total. The average molecular weight is 345 g/mol. The van der Waals surface area contributed by atoms with Crippen molar-refractivity contribution in [1.29, 1.82) is 5.26 Å². The molecule has 0 fully saturated rings. The molecule has 1 amide bonds. The SMILES string of the molecule is N#Cc1c(N)sc2c1CCN(C(=O)CC(O)c1cccc(F)c1)C2. The van der Waals surface area contributed by atoms with Crippen molar-refractivity contribution < 1.29 is 14.3 Å². The Kier molecular flexibility index (Phi) is 4.51. The van der Waals surface area contributed by atoms with Crippen LogP contribution in [0.5, 0.6) is 0 Å². The third-order valence-corrected chi connectivity index (χ3v) is 5.20. The van der Waals surface area contributed by atoms with E-state index in [-0.39, 0.29) is 12.3 Å². The normalized spacial score (nSPS) is 14.8. The van der Waals surface area contributed by atoms with E-state index in [9.17, 15) is 14.3 Å². The number of carbonyl (C=O) groups is 1. The molecule has 124 valence electrons. The number of anilines is 1. The van der Waals surface area contributed by atoms with E-state index in [0.29, 0.717) is 35.6 Å². The van der Waals surface area contributed by atoms with Crippen molar-refractivity contribution >= 4 is 22.2 Å². The van der Waals surface area contributed by atoms with Crippen LogP contribution in [0.15, 0.2) is 24.3 Å². The Morgan fingerprint density at radius 1 is 1.54 bits per heavy atom. The molecule has 0 saturated carbocycles. The largest absolute Gasteiger partial charge is 0.389 e. The van der Waals surface area contributed by atoms with Gasteiger partial charge in [-0.05, 0) is 29.7 Å².